The zero-order valence-corrected chi connectivity index (χ0v) is 11.0. The molecule has 1 aromatic carbocycles. The first-order valence-corrected chi connectivity index (χ1v) is 6.44. The number of fused-ring (bicyclic) bond motifs is 2. The summed E-state index contributed by atoms with van der Waals surface area (Å²) in [4.78, 5) is 12.1. The molecule has 4 rings (SSSR count). The number of nitrogens with zero attached hydrogens (tertiary/aromatic N) is 2. The molecule has 5 nitrogen and oxygen atoms in total. The van der Waals surface area contributed by atoms with Gasteiger partial charge in [-0.05, 0) is 23.3 Å². The maximum atomic E-state index is 5.44. The van der Waals surface area contributed by atoms with Gasteiger partial charge in [0.2, 0.25) is 5.88 Å². The molecule has 0 spiro atoms. The van der Waals surface area contributed by atoms with Gasteiger partial charge in [0.25, 0.3) is 0 Å². The average Bonchev–Trinajstić information content (AvgIpc) is 3.11. The molecule has 1 N–H and O–H groups in total. The van der Waals surface area contributed by atoms with E-state index in [-0.39, 0.29) is 0 Å². The van der Waals surface area contributed by atoms with Gasteiger partial charge in [-0.1, -0.05) is 12.1 Å². The van der Waals surface area contributed by atoms with Crippen molar-refractivity contribution in [2.45, 2.75) is 13.2 Å². The van der Waals surface area contributed by atoms with Gasteiger partial charge in [-0.25, -0.2) is 4.98 Å². The number of pyridine rings is 1. The third-order valence-corrected chi connectivity index (χ3v) is 3.52. The van der Waals surface area contributed by atoms with Crippen LogP contribution in [-0.2, 0) is 18.0 Å². The van der Waals surface area contributed by atoms with Gasteiger partial charge < -0.3 is 14.5 Å². The molecule has 20 heavy (non-hydrogen) atoms. The van der Waals surface area contributed by atoms with Gasteiger partial charge in [0, 0.05) is 11.6 Å². The smallest absolute Gasteiger partial charge is 0.215 e. The van der Waals surface area contributed by atoms with Crippen LogP contribution in [-0.4, -0.2) is 22.1 Å². The second kappa shape index (κ2) is 4.31. The molecule has 5 heteroatoms. The molecule has 0 aliphatic carbocycles. The first kappa shape index (κ1) is 11.4. The summed E-state index contributed by atoms with van der Waals surface area (Å²) in [5, 5.41) is 0. The Hall–Kier alpha value is -2.40. The van der Waals surface area contributed by atoms with E-state index >= 15 is 0 Å². The Morgan fingerprint density at radius 2 is 2.00 bits per heavy atom. The molecule has 3 heterocycles. The predicted octanol–water partition coefficient (Wildman–Crippen LogP) is 2.66. The highest BCUT2D eigenvalue weighted by Gasteiger charge is 2.14. The third kappa shape index (κ3) is 1.75. The topological polar surface area (TPSA) is 60.0 Å². The summed E-state index contributed by atoms with van der Waals surface area (Å²) < 4.78 is 10.6. The van der Waals surface area contributed by atoms with Crippen LogP contribution in [0.1, 0.15) is 11.1 Å². The van der Waals surface area contributed by atoms with Crippen molar-refractivity contribution in [1.82, 2.24) is 15.0 Å². The second-order valence-corrected chi connectivity index (χ2v) is 4.79. The molecule has 0 saturated heterocycles. The van der Waals surface area contributed by atoms with Crippen LogP contribution in [0.25, 0.3) is 22.6 Å². The van der Waals surface area contributed by atoms with Crippen LogP contribution < -0.4 is 4.74 Å². The van der Waals surface area contributed by atoms with E-state index in [9.17, 15) is 0 Å². The van der Waals surface area contributed by atoms with E-state index < -0.39 is 0 Å². The maximum absolute atomic E-state index is 5.44. The molecule has 3 aromatic rings. The van der Waals surface area contributed by atoms with E-state index in [4.69, 9.17) is 9.47 Å². The summed E-state index contributed by atoms with van der Waals surface area (Å²) in [6.45, 7) is 1.38. The van der Waals surface area contributed by atoms with Crippen LogP contribution in [0.4, 0.5) is 0 Å². The molecule has 0 radical (unpaired) electrons. The normalized spacial score (nSPS) is 13.7. The SMILES string of the molecule is COc1ccc2[nH]c(-c3ccc4c(c3)COC4)nc2n1. The summed E-state index contributed by atoms with van der Waals surface area (Å²) >= 11 is 0. The van der Waals surface area contributed by atoms with Crippen molar-refractivity contribution in [3.05, 3.63) is 41.5 Å². The number of nitrogens with one attached hydrogen (secondary N) is 1. The molecule has 1 aliphatic rings. The van der Waals surface area contributed by atoms with Crippen LogP contribution >= 0.6 is 0 Å². The van der Waals surface area contributed by atoms with Gasteiger partial charge in [0.1, 0.15) is 5.82 Å². The number of hydrogen-bond acceptors (Lipinski definition) is 4. The fourth-order valence-corrected chi connectivity index (χ4v) is 2.44. The van der Waals surface area contributed by atoms with Crippen LogP contribution in [0.5, 0.6) is 5.88 Å². The Balaban J connectivity index is 1.81. The summed E-state index contributed by atoms with van der Waals surface area (Å²) in [7, 11) is 1.60. The van der Waals surface area contributed by atoms with Gasteiger partial charge >= 0.3 is 0 Å². The van der Waals surface area contributed by atoms with E-state index in [0.717, 1.165) is 16.9 Å². The minimum absolute atomic E-state index is 0.568. The number of methoxy groups -OCH3 is 1. The predicted molar refractivity (Wildman–Crippen MR) is 74.4 cm³/mol. The quantitative estimate of drug-likeness (QED) is 0.775. The number of benzene rings is 1. The lowest BCUT2D eigenvalue weighted by Gasteiger charge is -2.00. The highest BCUT2D eigenvalue weighted by molar-refractivity contribution is 5.76. The number of aromatic amines is 1. The summed E-state index contributed by atoms with van der Waals surface area (Å²) in [5.41, 5.74) is 5.10. The van der Waals surface area contributed by atoms with Crippen molar-refractivity contribution >= 4 is 11.2 Å². The van der Waals surface area contributed by atoms with Crippen molar-refractivity contribution in [2.24, 2.45) is 0 Å². The lowest BCUT2D eigenvalue weighted by atomic mass is 10.1. The van der Waals surface area contributed by atoms with Crippen molar-refractivity contribution < 1.29 is 9.47 Å². The molecule has 100 valence electrons. The fourth-order valence-electron chi connectivity index (χ4n) is 2.44. The van der Waals surface area contributed by atoms with Gasteiger partial charge in [-0.2, -0.15) is 4.98 Å². The highest BCUT2D eigenvalue weighted by atomic mass is 16.5. The van der Waals surface area contributed by atoms with Gasteiger partial charge in [0.15, 0.2) is 5.65 Å². The average molecular weight is 267 g/mol. The van der Waals surface area contributed by atoms with E-state index in [1.54, 1.807) is 7.11 Å². The van der Waals surface area contributed by atoms with E-state index in [1.807, 2.05) is 12.1 Å². The maximum Gasteiger partial charge on any atom is 0.215 e. The number of ether oxygens (including phenoxy) is 2. The summed E-state index contributed by atoms with van der Waals surface area (Å²) in [6, 6.07) is 10.0. The Kier molecular flexibility index (Phi) is 2.47. The first-order chi connectivity index (χ1) is 9.83. The lowest BCUT2D eigenvalue weighted by Crippen LogP contribution is -1.87. The first-order valence-electron chi connectivity index (χ1n) is 6.44. The monoisotopic (exact) mass is 267 g/mol. The molecule has 0 bridgehead atoms. The van der Waals surface area contributed by atoms with Crippen LogP contribution in [0.3, 0.4) is 0 Å². The van der Waals surface area contributed by atoms with E-state index in [2.05, 4.69) is 33.2 Å². The van der Waals surface area contributed by atoms with Gasteiger partial charge in [0.05, 0.1) is 25.8 Å². The fraction of sp³-hybridized carbons (Fsp3) is 0.200. The molecule has 1 aliphatic heterocycles. The Bertz CT molecular complexity index is 795. The number of imidazole rings is 1. The summed E-state index contributed by atoms with van der Waals surface area (Å²) in [5.74, 6) is 1.38. The zero-order valence-electron chi connectivity index (χ0n) is 11.0. The van der Waals surface area contributed by atoms with E-state index in [0.29, 0.717) is 24.7 Å². The second-order valence-electron chi connectivity index (χ2n) is 4.79. The Labute approximate surface area is 115 Å². The Morgan fingerprint density at radius 3 is 2.90 bits per heavy atom. The number of rotatable bonds is 2. The highest BCUT2D eigenvalue weighted by Crippen LogP contribution is 2.27. The van der Waals surface area contributed by atoms with E-state index in [1.165, 1.54) is 11.1 Å². The van der Waals surface area contributed by atoms with Crippen LogP contribution in [0.15, 0.2) is 30.3 Å². The number of hydrogen-bond donors (Lipinski definition) is 1. The molecular weight excluding hydrogens is 254 g/mol. The molecule has 0 unspecified atom stereocenters. The third-order valence-electron chi connectivity index (χ3n) is 3.52. The molecule has 0 atom stereocenters. The van der Waals surface area contributed by atoms with Gasteiger partial charge in [-0.15, -0.1) is 0 Å². The number of aromatic nitrogens is 3. The van der Waals surface area contributed by atoms with Crippen LogP contribution in [0, 0.1) is 0 Å². The zero-order chi connectivity index (χ0) is 13.5. The van der Waals surface area contributed by atoms with Crippen LogP contribution in [0.2, 0.25) is 0 Å². The standard InChI is InChI=1S/C15H13N3O2/c1-19-13-5-4-12-15(17-13)18-14(16-12)9-2-3-10-7-20-8-11(10)6-9/h2-6H,7-8H2,1H3,(H,16,17,18). The largest absolute Gasteiger partial charge is 0.481 e. The Morgan fingerprint density at radius 1 is 1.10 bits per heavy atom. The minimum Gasteiger partial charge on any atom is -0.481 e. The van der Waals surface area contributed by atoms with Crippen molar-refractivity contribution in [3.63, 3.8) is 0 Å². The molecule has 0 saturated carbocycles. The van der Waals surface area contributed by atoms with Crippen molar-refractivity contribution in [1.29, 1.82) is 0 Å². The van der Waals surface area contributed by atoms with Crippen molar-refractivity contribution in [3.8, 4) is 17.3 Å². The molecular formula is C15H13N3O2. The molecule has 0 amide bonds. The molecule has 2 aromatic heterocycles. The van der Waals surface area contributed by atoms with Crippen molar-refractivity contribution in [2.75, 3.05) is 7.11 Å². The minimum atomic E-state index is 0.568. The summed E-state index contributed by atoms with van der Waals surface area (Å²) in [6.07, 6.45) is 0. The molecule has 0 fully saturated rings. The number of H-pyrrole nitrogens is 1. The lowest BCUT2D eigenvalue weighted by molar-refractivity contribution is 0.134. The van der Waals surface area contributed by atoms with Gasteiger partial charge in [-0.3, -0.25) is 0 Å².